The molecule has 0 aliphatic carbocycles. The van der Waals surface area contributed by atoms with E-state index in [0.717, 1.165) is 26.0 Å². The van der Waals surface area contributed by atoms with Gasteiger partial charge in [0.15, 0.2) is 0 Å². The van der Waals surface area contributed by atoms with Gasteiger partial charge < -0.3 is 5.73 Å². The van der Waals surface area contributed by atoms with Crippen molar-refractivity contribution in [3.8, 4) is 0 Å². The van der Waals surface area contributed by atoms with Gasteiger partial charge in [0, 0.05) is 20.0 Å². The zero-order valence-electron chi connectivity index (χ0n) is 9.54. The molecule has 0 aliphatic heterocycles. The van der Waals surface area contributed by atoms with Gasteiger partial charge in [0.05, 0.1) is 0 Å². The van der Waals surface area contributed by atoms with E-state index in [2.05, 4.69) is 31.9 Å². The molecule has 2 aromatic carbocycles. The standard InChI is InChI=1S/C14H12Br2ClN/c15-11-6-10(7-12(16)8-11)14(18)5-9-1-3-13(17)4-2-9/h1-4,6-8,14H,5,18H2. The lowest BCUT2D eigenvalue weighted by molar-refractivity contribution is 0.721. The molecule has 0 bridgehead atoms. The van der Waals surface area contributed by atoms with Crippen LogP contribution in [0.15, 0.2) is 51.4 Å². The summed E-state index contributed by atoms with van der Waals surface area (Å²) in [4.78, 5) is 0. The van der Waals surface area contributed by atoms with E-state index in [1.807, 2.05) is 42.5 Å². The molecule has 2 N–H and O–H groups in total. The summed E-state index contributed by atoms with van der Waals surface area (Å²) in [5.41, 5.74) is 8.51. The maximum absolute atomic E-state index is 6.23. The highest BCUT2D eigenvalue weighted by molar-refractivity contribution is 9.11. The molecule has 2 rings (SSSR count). The van der Waals surface area contributed by atoms with E-state index < -0.39 is 0 Å². The molecular weight excluding hydrogens is 377 g/mol. The lowest BCUT2D eigenvalue weighted by atomic mass is 10.00. The van der Waals surface area contributed by atoms with Crippen LogP contribution in [0.2, 0.25) is 5.02 Å². The molecule has 1 atom stereocenters. The van der Waals surface area contributed by atoms with E-state index in [4.69, 9.17) is 17.3 Å². The highest BCUT2D eigenvalue weighted by Gasteiger charge is 2.08. The van der Waals surface area contributed by atoms with Crippen molar-refractivity contribution in [3.05, 3.63) is 67.6 Å². The molecule has 2 aromatic rings. The summed E-state index contributed by atoms with van der Waals surface area (Å²) in [5.74, 6) is 0. The average Bonchev–Trinajstić information content (AvgIpc) is 2.31. The van der Waals surface area contributed by atoms with Crippen molar-refractivity contribution in [2.75, 3.05) is 0 Å². The average molecular weight is 390 g/mol. The number of hydrogen-bond donors (Lipinski definition) is 1. The highest BCUT2D eigenvalue weighted by Crippen LogP contribution is 2.25. The van der Waals surface area contributed by atoms with Gasteiger partial charge in [-0.25, -0.2) is 0 Å². The predicted molar refractivity (Wildman–Crippen MR) is 83.9 cm³/mol. The summed E-state index contributed by atoms with van der Waals surface area (Å²) in [6.07, 6.45) is 0.792. The summed E-state index contributed by atoms with van der Waals surface area (Å²) in [6.45, 7) is 0. The Morgan fingerprint density at radius 1 is 1.00 bits per heavy atom. The van der Waals surface area contributed by atoms with Crippen LogP contribution in [0, 0.1) is 0 Å². The van der Waals surface area contributed by atoms with Crippen LogP contribution in [0.25, 0.3) is 0 Å². The molecule has 94 valence electrons. The van der Waals surface area contributed by atoms with Crippen LogP contribution in [0.4, 0.5) is 0 Å². The van der Waals surface area contributed by atoms with Crippen molar-refractivity contribution in [1.29, 1.82) is 0 Å². The quantitative estimate of drug-likeness (QED) is 0.776. The maximum Gasteiger partial charge on any atom is 0.0406 e. The first-order chi connectivity index (χ1) is 8.54. The lowest BCUT2D eigenvalue weighted by Gasteiger charge is -2.13. The van der Waals surface area contributed by atoms with Crippen LogP contribution in [-0.4, -0.2) is 0 Å². The maximum atomic E-state index is 6.23. The van der Waals surface area contributed by atoms with Crippen LogP contribution >= 0.6 is 43.5 Å². The van der Waals surface area contributed by atoms with E-state index in [0.29, 0.717) is 0 Å². The van der Waals surface area contributed by atoms with Gasteiger partial charge in [-0.05, 0) is 47.9 Å². The summed E-state index contributed by atoms with van der Waals surface area (Å²) < 4.78 is 2.05. The number of hydrogen-bond acceptors (Lipinski definition) is 1. The van der Waals surface area contributed by atoms with Crippen molar-refractivity contribution in [2.24, 2.45) is 5.73 Å². The number of benzene rings is 2. The summed E-state index contributed by atoms with van der Waals surface area (Å²) >= 11 is 12.8. The molecule has 0 amide bonds. The molecule has 0 saturated carbocycles. The molecular formula is C14H12Br2ClN. The third-order valence-corrected chi connectivity index (χ3v) is 3.85. The second kappa shape index (κ2) is 6.20. The Morgan fingerprint density at radius 2 is 1.56 bits per heavy atom. The Balaban J connectivity index is 2.16. The fourth-order valence-electron chi connectivity index (χ4n) is 1.78. The molecule has 0 radical (unpaired) electrons. The number of rotatable bonds is 3. The van der Waals surface area contributed by atoms with Crippen molar-refractivity contribution < 1.29 is 0 Å². The summed E-state index contributed by atoms with van der Waals surface area (Å²) in [7, 11) is 0. The Bertz CT molecular complexity index is 520. The summed E-state index contributed by atoms with van der Waals surface area (Å²) in [5, 5.41) is 0.748. The molecule has 0 aromatic heterocycles. The third kappa shape index (κ3) is 3.82. The molecule has 0 heterocycles. The zero-order chi connectivity index (χ0) is 13.1. The molecule has 1 unspecified atom stereocenters. The second-order valence-corrected chi connectivity index (χ2v) is 6.41. The monoisotopic (exact) mass is 387 g/mol. The first-order valence-corrected chi connectivity index (χ1v) is 7.47. The molecule has 0 spiro atoms. The van der Waals surface area contributed by atoms with Crippen molar-refractivity contribution >= 4 is 43.5 Å². The van der Waals surface area contributed by atoms with E-state index in [-0.39, 0.29) is 6.04 Å². The molecule has 0 fully saturated rings. The first-order valence-electron chi connectivity index (χ1n) is 5.50. The van der Waals surface area contributed by atoms with Crippen LogP contribution in [0.5, 0.6) is 0 Å². The predicted octanol–water partition coefficient (Wildman–Crippen LogP) is 5.11. The lowest BCUT2D eigenvalue weighted by Crippen LogP contribution is -2.13. The van der Waals surface area contributed by atoms with Gasteiger partial charge in [-0.3, -0.25) is 0 Å². The van der Waals surface area contributed by atoms with Crippen molar-refractivity contribution in [1.82, 2.24) is 0 Å². The largest absolute Gasteiger partial charge is 0.324 e. The van der Waals surface area contributed by atoms with Gasteiger partial charge in [-0.15, -0.1) is 0 Å². The van der Waals surface area contributed by atoms with Gasteiger partial charge in [-0.2, -0.15) is 0 Å². The Kier molecular flexibility index (Phi) is 4.84. The fraction of sp³-hybridized carbons (Fsp3) is 0.143. The fourth-order valence-corrected chi connectivity index (χ4v) is 3.24. The van der Waals surface area contributed by atoms with Gasteiger partial charge in [-0.1, -0.05) is 55.6 Å². The molecule has 1 nitrogen and oxygen atoms in total. The minimum atomic E-state index is -0.0278. The van der Waals surface area contributed by atoms with Crippen LogP contribution in [0.3, 0.4) is 0 Å². The molecule has 18 heavy (non-hydrogen) atoms. The van der Waals surface area contributed by atoms with Crippen LogP contribution < -0.4 is 5.73 Å². The van der Waals surface area contributed by atoms with E-state index in [1.54, 1.807) is 0 Å². The van der Waals surface area contributed by atoms with E-state index >= 15 is 0 Å². The Labute approximate surface area is 129 Å². The van der Waals surface area contributed by atoms with Gasteiger partial charge in [0.25, 0.3) is 0 Å². The van der Waals surface area contributed by atoms with Crippen LogP contribution in [-0.2, 0) is 6.42 Å². The van der Waals surface area contributed by atoms with Crippen molar-refractivity contribution in [2.45, 2.75) is 12.5 Å². The minimum Gasteiger partial charge on any atom is -0.324 e. The second-order valence-electron chi connectivity index (χ2n) is 4.14. The topological polar surface area (TPSA) is 26.0 Å². The van der Waals surface area contributed by atoms with Gasteiger partial charge >= 0.3 is 0 Å². The van der Waals surface area contributed by atoms with Gasteiger partial charge in [0.1, 0.15) is 0 Å². The number of nitrogens with two attached hydrogens (primary N) is 1. The van der Waals surface area contributed by atoms with Crippen LogP contribution in [0.1, 0.15) is 17.2 Å². The molecule has 4 heteroatoms. The normalized spacial score (nSPS) is 12.4. The first kappa shape index (κ1) is 14.1. The smallest absolute Gasteiger partial charge is 0.0406 e. The number of halogens is 3. The summed E-state index contributed by atoms with van der Waals surface area (Å²) in [6, 6.07) is 13.9. The van der Waals surface area contributed by atoms with Gasteiger partial charge in [0.2, 0.25) is 0 Å². The van der Waals surface area contributed by atoms with E-state index in [1.165, 1.54) is 5.56 Å². The third-order valence-electron chi connectivity index (χ3n) is 2.68. The molecule has 0 aliphatic rings. The molecule has 0 saturated heterocycles. The Morgan fingerprint density at radius 3 is 2.11 bits per heavy atom. The Hall–Kier alpha value is -0.350. The minimum absolute atomic E-state index is 0.0278. The van der Waals surface area contributed by atoms with Crippen molar-refractivity contribution in [3.63, 3.8) is 0 Å². The SMILES string of the molecule is NC(Cc1ccc(Cl)cc1)c1cc(Br)cc(Br)c1. The zero-order valence-corrected chi connectivity index (χ0v) is 13.5. The van der Waals surface area contributed by atoms with E-state index in [9.17, 15) is 0 Å². The highest BCUT2D eigenvalue weighted by atomic mass is 79.9.